The van der Waals surface area contributed by atoms with Crippen LogP contribution in [0, 0.1) is 22.9 Å². The van der Waals surface area contributed by atoms with Crippen molar-refractivity contribution in [1.82, 2.24) is 9.97 Å². The number of rotatable bonds is 4. The van der Waals surface area contributed by atoms with Crippen LogP contribution in [-0.4, -0.2) is 21.9 Å². The van der Waals surface area contributed by atoms with Gasteiger partial charge in [-0.15, -0.1) is 0 Å². The molecule has 0 saturated carbocycles. The molecule has 0 amide bonds. The highest BCUT2D eigenvalue weighted by molar-refractivity contribution is 5.70. The van der Waals surface area contributed by atoms with Gasteiger partial charge in [0.2, 0.25) is 11.8 Å². The van der Waals surface area contributed by atoms with Crippen molar-refractivity contribution in [3.63, 3.8) is 0 Å². The summed E-state index contributed by atoms with van der Waals surface area (Å²) in [5, 5.41) is 11.2. The molecule has 2 aromatic rings. The van der Waals surface area contributed by atoms with E-state index in [0.29, 0.717) is 5.69 Å². The minimum atomic E-state index is -0.564. The van der Waals surface area contributed by atoms with Crippen molar-refractivity contribution in [2.75, 3.05) is 17.4 Å². The molecule has 0 unspecified atom stereocenters. The summed E-state index contributed by atoms with van der Waals surface area (Å²) in [5.74, 6) is 4.98. The number of nitrogens with zero attached hydrogens (tertiary/aromatic N) is 4. The molecule has 1 aromatic carbocycles. The van der Waals surface area contributed by atoms with Crippen molar-refractivity contribution in [3.8, 4) is 0 Å². The number of nitrogen functional groups attached to an aromatic ring is 1. The number of aromatic nitrogens is 2. The fourth-order valence-electron chi connectivity index (χ4n) is 1.85. The summed E-state index contributed by atoms with van der Waals surface area (Å²) in [6, 6.07) is 5.50. The molecule has 0 atom stereocenters. The van der Waals surface area contributed by atoms with E-state index in [1.54, 1.807) is 7.05 Å². The summed E-state index contributed by atoms with van der Waals surface area (Å²) in [6.07, 6.45) is 0. The molecule has 1 aromatic heterocycles. The Morgan fingerprint density at radius 2 is 1.95 bits per heavy atom. The summed E-state index contributed by atoms with van der Waals surface area (Å²) >= 11 is 0. The van der Waals surface area contributed by atoms with Gasteiger partial charge in [-0.05, 0) is 31.2 Å². The number of hydrogen-bond acceptors (Lipinski definition) is 7. The molecular weight excluding hydrogens is 279 g/mol. The molecule has 0 aliphatic rings. The maximum Gasteiger partial charge on any atom is 0.333 e. The van der Waals surface area contributed by atoms with Crippen LogP contribution in [0.4, 0.5) is 27.5 Å². The summed E-state index contributed by atoms with van der Waals surface area (Å²) in [7, 11) is 1.59. The number of nitrogens with one attached hydrogen (secondary N) is 1. The molecule has 3 N–H and O–H groups in total. The van der Waals surface area contributed by atoms with E-state index in [1.165, 1.54) is 36.1 Å². The van der Waals surface area contributed by atoms with E-state index < -0.39 is 10.7 Å². The van der Waals surface area contributed by atoms with Gasteiger partial charge in [0, 0.05) is 12.7 Å². The Hall–Kier alpha value is -2.81. The van der Waals surface area contributed by atoms with Crippen LogP contribution in [0.1, 0.15) is 5.69 Å². The first kappa shape index (κ1) is 14.6. The highest BCUT2D eigenvalue weighted by Crippen LogP contribution is 2.33. The maximum absolute atomic E-state index is 13.0. The van der Waals surface area contributed by atoms with E-state index in [0.717, 1.165) is 0 Å². The number of hydrazine groups is 1. The third-order valence-electron chi connectivity index (χ3n) is 2.88. The Kier molecular flexibility index (Phi) is 3.94. The summed E-state index contributed by atoms with van der Waals surface area (Å²) < 4.78 is 13.0. The Morgan fingerprint density at radius 1 is 1.33 bits per heavy atom. The second kappa shape index (κ2) is 5.67. The Labute approximate surface area is 119 Å². The minimum Gasteiger partial charge on any atom is -0.324 e. The molecule has 0 radical (unpaired) electrons. The first-order valence-corrected chi connectivity index (χ1v) is 5.93. The first-order chi connectivity index (χ1) is 9.93. The average molecular weight is 292 g/mol. The predicted octanol–water partition coefficient (Wildman–Crippen LogP) is 1.89. The highest BCUT2D eigenvalue weighted by Gasteiger charge is 2.25. The number of benzene rings is 1. The Balaban J connectivity index is 2.57. The molecule has 1 heterocycles. The van der Waals surface area contributed by atoms with Crippen molar-refractivity contribution in [1.29, 1.82) is 0 Å². The van der Waals surface area contributed by atoms with Crippen LogP contribution in [0.5, 0.6) is 0 Å². The van der Waals surface area contributed by atoms with E-state index in [9.17, 15) is 14.5 Å². The van der Waals surface area contributed by atoms with E-state index in [-0.39, 0.29) is 23.1 Å². The maximum atomic E-state index is 13.0. The van der Waals surface area contributed by atoms with E-state index >= 15 is 0 Å². The monoisotopic (exact) mass is 292 g/mol. The normalized spacial score (nSPS) is 10.3. The van der Waals surface area contributed by atoms with Gasteiger partial charge < -0.3 is 4.90 Å². The topological polar surface area (TPSA) is 110 Å². The number of nitrogens with two attached hydrogens (primary N) is 1. The molecule has 0 spiro atoms. The fourth-order valence-corrected chi connectivity index (χ4v) is 1.85. The molecule has 0 aliphatic heterocycles. The molecule has 0 fully saturated rings. The molecule has 110 valence electrons. The number of halogens is 1. The van der Waals surface area contributed by atoms with E-state index in [4.69, 9.17) is 5.84 Å². The van der Waals surface area contributed by atoms with Gasteiger partial charge in [-0.3, -0.25) is 15.5 Å². The van der Waals surface area contributed by atoms with Crippen LogP contribution in [0.3, 0.4) is 0 Å². The van der Waals surface area contributed by atoms with Crippen molar-refractivity contribution in [3.05, 3.63) is 45.9 Å². The van der Waals surface area contributed by atoms with Gasteiger partial charge in [-0.25, -0.2) is 15.2 Å². The number of nitro groups is 1. The lowest BCUT2D eigenvalue weighted by Gasteiger charge is -2.19. The van der Waals surface area contributed by atoms with Crippen LogP contribution < -0.4 is 16.2 Å². The molecule has 2 rings (SSSR count). The van der Waals surface area contributed by atoms with Gasteiger partial charge in [-0.1, -0.05) is 0 Å². The minimum absolute atomic E-state index is 0.0575. The quantitative estimate of drug-likeness (QED) is 0.503. The van der Waals surface area contributed by atoms with Crippen molar-refractivity contribution in [2.45, 2.75) is 6.92 Å². The second-order valence-corrected chi connectivity index (χ2v) is 4.24. The third-order valence-corrected chi connectivity index (χ3v) is 2.88. The molecule has 0 bridgehead atoms. The number of hydrogen-bond donors (Lipinski definition) is 2. The van der Waals surface area contributed by atoms with Gasteiger partial charge in [-0.2, -0.15) is 4.98 Å². The zero-order valence-corrected chi connectivity index (χ0v) is 11.4. The lowest BCUT2D eigenvalue weighted by molar-refractivity contribution is -0.385. The molecule has 8 nitrogen and oxygen atoms in total. The fraction of sp³-hybridized carbons (Fsp3) is 0.167. The van der Waals surface area contributed by atoms with Crippen LogP contribution >= 0.6 is 0 Å². The highest BCUT2D eigenvalue weighted by atomic mass is 19.1. The molecule has 0 aliphatic carbocycles. The van der Waals surface area contributed by atoms with Gasteiger partial charge in [0.1, 0.15) is 11.5 Å². The summed E-state index contributed by atoms with van der Waals surface area (Å²) in [6.45, 7) is 1.49. The summed E-state index contributed by atoms with van der Waals surface area (Å²) in [5.41, 5.74) is 2.74. The van der Waals surface area contributed by atoms with Gasteiger partial charge in [0.05, 0.1) is 4.92 Å². The molecule has 0 saturated heterocycles. The molecular formula is C12H13FN6O2. The van der Waals surface area contributed by atoms with Crippen molar-refractivity contribution >= 4 is 23.1 Å². The third kappa shape index (κ3) is 2.87. The number of aryl methyl sites for hydroxylation is 1. The Morgan fingerprint density at radius 3 is 2.48 bits per heavy atom. The zero-order valence-electron chi connectivity index (χ0n) is 11.4. The average Bonchev–Trinajstić information content (AvgIpc) is 2.45. The first-order valence-electron chi connectivity index (χ1n) is 5.93. The van der Waals surface area contributed by atoms with Gasteiger partial charge in [0.15, 0.2) is 0 Å². The van der Waals surface area contributed by atoms with E-state index in [1.807, 2.05) is 0 Å². The van der Waals surface area contributed by atoms with Crippen LogP contribution in [0.25, 0.3) is 0 Å². The summed E-state index contributed by atoms with van der Waals surface area (Å²) in [4.78, 5) is 20.0. The van der Waals surface area contributed by atoms with Crippen molar-refractivity contribution < 1.29 is 9.31 Å². The van der Waals surface area contributed by atoms with E-state index in [2.05, 4.69) is 15.4 Å². The van der Waals surface area contributed by atoms with Crippen LogP contribution in [-0.2, 0) is 0 Å². The lowest BCUT2D eigenvalue weighted by atomic mass is 10.2. The van der Waals surface area contributed by atoms with Crippen LogP contribution in [0.15, 0.2) is 24.3 Å². The molecule has 9 heteroatoms. The second-order valence-electron chi connectivity index (χ2n) is 4.24. The number of anilines is 3. The van der Waals surface area contributed by atoms with Crippen LogP contribution in [0.2, 0.25) is 0 Å². The zero-order chi connectivity index (χ0) is 15.6. The Bertz CT molecular complexity index is 676. The predicted molar refractivity (Wildman–Crippen MR) is 75.7 cm³/mol. The standard InChI is InChI=1S/C12H13FN6O2/c1-7-10(19(20)21)11(16-12(15-7)17-14)18(2)9-5-3-8(13)4-6-9/h3-6H,14H2,1-2H3,(H,15,16,17). The smallest absolute Gasteiger partial charge is 0.324 e. The van der Waals surface area contributed by atoms with Gasteiger partial charge >= 0.3 is 5.69 Å². The lowest BCUT2D eigenvalue weighted by Crippen LogP contribution is -2.18. The van der Waals surface area contributed by atoms with Crippen molar-refractivity contribution in [2.24, 2.45) is 5.84 Å². The van der Waals surface area contributed by atoms with Gasteiger partial charge in [0.25, 0.3) is 0 Å². The molecule has 21 heavy (non-hydrogen) atoms. The largest absolute Gasteiger partial charge is 0.333 e. The SMILES string of the molecule is Cc1nc(NN)nc(N(C)c2ccc(F)cc2)c1[N+](=O)[O-].